The predicted octanol–water partition coefficient (Wildman–Crippen LogP) is 4.65. The first-order valence-electron chi connectivity index (χ1n) is 9.74. The van der Waals surface area contributed by atoms with Crippen LogP contribution in [0.15, 0.2) is 42.2 Å². The van der Waals surface area contributed by atoms with Gasteiger partial charge in [0.15, 0.2) is 0 Å². The Labute approximate surface area is 169 Å². The van der Waals surface area contributed by atoms with E-state index in [1.165, 1.54) is 12.1 Å². The Morgan fingerprint density at radius 1 is 1.14 bits per heavy atom. The fourth-order valence-corrected chi connectivity index (χ4v) is 3.95. The number of allylic oxidation sites excluding steroid dienone is 2. The highest BCUT2D eigenvalue weighted by Gasteiger charge is 2.25. The molecule has 0 aliphatic heterocycles. The molecule has 1 atom stereocenters. The van der Waals surface area contributed by atoms with Crippen molar-refractivity contribution in [2.45, 2.75) is 51.7 Å². The van der Waals surface area contributed by atoms with E-state index >= 15 is 0 Å². The van der Waals surface area contributed by atoms with Gasteiger partial charge in [0.1, 0.15) is 5.82 Å². The van der Waals surface area contributed by atoms with Crippen LogP contribution in [0.4, 0.5) is 4.39 Å². The maximum Gasteiger partial charge on any atom is 0.305 e. The van der Waals surface area contributed by atoms with E-state index in [1.54, 1.807) is 18.2 Å². The van der Waals surface area contributed by atoms with Crippen LogP contribution in [-0.4, -0.2) is 32.0 Å². The van der Waals surface area contributed by atoms with E-state index in [9.17, 15) is 19.4 Å². The number of carbonyl (C=O) groups is 1. The fraction of sp³-hybridized carbons (Fsp3) is 0.348. The van der Waals surface area contributed by atoms with Gasteiger partial charge < -0.3 is 19.9 Å². The van der Waals surface area contributed by atoms with Gasteiger partial charge in [0.05, 0.1) is 24.0 Å². The van der Waals surface area contributed by atoms with Gasteiger partial charge in [0, 0.05) is 36.2 Å². The lowest BCUT2D eigenvalue weighted by Gasteiger charge is -2.17. The van der Waals surface area contributed by atoms with E-state index in [-0.39, 0.29) is 24.0 Å². The molecule has 5 nitrogen and oxygen atoms in total. The van der Waals surface area contributed by atoms with E-state index in [4.69, 9.17) is 5.11 Å². The second-order valence-electron chi connectivity index (χ2n) is 7.63. The molecule has 29 heavy (non-hydrogen) atoms. The SMILES string of the molecule is CC(C)n1c(C=C(O)CC(O)CC(=O)O)c(-c2ccc(F)cc2)c2c1CC=CC2. The van der Waals surface area contributed by atoms with Crippen molar-refractivity contribution in [3.63, 3.8) is 0 Å². The number of halogens is 1. The van der Waals surface area contributed by atoms with Crippen molar-refractivity contribution in [3.8, 4) is 11.1 Å². The van der Waals surface area contributed by atoms with E-state index in [1.807, 2.05) is 0 Å². The lowest BCUT2D eigenvalue weighted by Crippen LogP contribution is -2.14. The average Bonchev–Trinajstić information content (AvgIpc) is 2.95. The summed E-state index contributed by atoms with van der Waals surface area (Å²) in [5.74, 6) is -1.53. The molecule has 1 aromatic heterocycles. The highest BCUT2D eigenvalue weighted by Crippen LogP contribution is 2.39. The van der Waals surface area contributed by atoms with Crippen LogP contribution in [0.3, 0.4) is 0 Å². The minimum atomic E-state index is -1.17. The first kappa shape index (κ1) is 20.9. The molecule has 2 aromatic rings. The fourth-order valence-electron chi connectivity index (χ4n) is 3.95. The third-order valence-corrected chi connectivity index (χ3v) is 5.06. The number of aromatic nitrogens is 1. The molecule has 3 N–H and O–H groups in total. The van der Waals surface area contributed by atoms with Crippen LogP contribution < -0.4 is 0 Å². The van der Waals surface area contributed by atoms with E-state index in [2.05, 4.69) is 30.6 Å². The van der Waals surface area contributed by atoms with Crippen molar-refractivity contribution in [1.29, 1.82) is 0 Å². The molecule has 0 bridgehead atoms. The molecule has 1 aliphatic carbocycles. The maximum atomic E-state index is 13.5. The number of hydrogen-bond donors (Lipinski definition) is 3. The second-order valence-corrected chi connectivity index (χ2v) is 7.63. The van der Waals surface area contributed by atoms with Gasteiger partial charge in [0.25, 0.3) is 0 Å². The van der Waals surface area contributed by atoms with Crippen LogP contribution >= 0.6 is 0 Å². The van der Waals surface area contributed by atoms with Gasteiger partial charge in [0.2, 0.25) is 0 Å². The quantitative estimate of drug-likeness (QED) is 0.467. The molecule has 0 radical (unpaired) electrons. The highest BCUT2D eigenvalue weighted by atomic mass is 19.1. The third kappa shape index (κ3) is 4.59. The lowest BCUT2D eigenvalue weighted by atomic mass is 9.94. The zero-order valence-electron chi connectivity index (χ0n) is 16.6. The molecule has 1 aliphatic rings. The van der Waals surface area contributed by atoms with Crippen molar-refractivity contribution in [1.82, 2.24) is 4.57 Å². The first-order chi connectivity index (χ1) is 13.8. The zero-order chi connectivity index (χ0) is 21.1. The summed E-state index contributed by atoms with van der Waals surface area (Å²) in [6.45, 7) is 4.11. The number of aliphatic hydroxyl groups excluding tert-OH is 2. The molecule has 0 saturated carbocycles. The van der Waals surface area contributed by atoms with Crippen LogP contribution in [0.5, 0.6) is 0 Å². The number of carboxylic acid groups (broad SMARTS) is 1. The van der Waals surface area contributed by atoms with Gasteiger partial charge in [-0.2, -0.15) is 0 Å². The molecule has 0 spiro atoms. The monoisotopic (exact) mass is 399 g/mol. The van der Waals surface area contributed by atoms with Gasteiger partial charge in [-0.25, -0.2) is 4.39 Å². The summed E-state index contributed by atoms with van der Waals surface area (Å²) in [4.78, 5) is 10.8. The summed E-state index contributed by atoms with van der Waals surface area (Å²) < 4.78 is 15.6. The van der Waals surface area contributed by atoms with Crippen molar-refractivity contribution in [2.75, 3.05) is 0 Å². The Morgan fingerprint density at radius 2 is 1.79 bits per heavy atom. The Bertz CT molecular complexity index is 954. The molecule has 1 unspecified atom stereocenters. The summed E-state index contributed by atoms with van der Waals surface area (Å²) in [5.41, 5.74) is 4.84. The molecule has 1 heterocycles. The zero-order valence-corrected chi connectivity index (χ0v) is 16.6. The largest absolute Gasteiger partial charge is 0.512 e. The predicted molar refractivity (Wildman–Crippen MR) is 110 cm³/mol. The average molecular weight is 399 g/mol. The molecule has 6 heteroatoms. The molecule has 1 aromatic carbocycles. The summed E-state index contributed by atoms with van der Waals surface area (Å²) >= 11 is 0. The number of benzene rings is 1. The lowest BCUT2D eigenvalue weighted by molar-refractivity contribution is -0.139. The minimum absolute atomic E-state index is 0.0909. The molecule has 0 saturated heterocycles. The van der Waals surface area contributed by atoms with Crippen LogP contribution in [0, 0.1) is 5.82 Å². The normalized spacial score (nSPS) is 14.9. The van der Waals surface area contributed by atoms with Crippen molar-refractivity contribution < 1.29 is 24.5 Å². The number of aliphatic hydroxyl groups is 2. The number of fused-ring (bicyclic) bond motifs is 1. The van der Waals surface area contributed by atoms with E-state index in [0.717, 1.165) is 40.9 Å². The number of hydrogen-bond acceptors (Lipinski definition) is 3. The molecular weight excluding hydrogens is 373 g/mol. The molecule has 3 rings (SSSR count). The minimum Gasteiger partial charge on any atom is -0.512 e. The van der Waals surface area contributed by atoms with Crippen molar-refractivity contribution in [2.24, 2.45) is 0 Å². The molecular formula is C23H26FNO4. The Hall–Kier alpha value is -2.86. The maximum absolute atomic E-state index is 13.5. The summed E-state index contributed by atoms with van der Waals surface area (Å²) in [7, 11) is 0. The van der Waals surface area contributed by atoms with Crippen LogP contribution in [-0.2, 0) is 17.6 Å². The molecule has 0 amide bonds. The van der Waals surface area contributed by atoms with Gasteiger partial charge >= 0.3 is 5.97 Å². The Balaban J connectivity index is 2.13. The van der Waals surface area contributed by atoms with Gasteiger partial charge in [-0.15, -0.1) is 0 Å². The van der Waals surface area contributed by atoms with Crippen molar-refractivity contribution in [3.05, 3.63) is 64.9 Å². The van der Waals surface area contributed by atoms with Gasteiger partial charge in [-0.3, -0.25) is 4.79 Å². The second kappa shape index (κ2) is 8.66. The van der Waals surface area contributed by atoms with E-state index < -0.39 is 18.5 Å². The standard InChI is InChI=1S/C23H26FNO4/c1-14(2)25-20-6-4-3-5-19(20)23(15-7-9-16(24)10-8-15)21(25)12-17(26)11-18(27)13-22(28)29/h3-4,7-10,12,14,18,26-27H,5-6,11,13H2,1-2H3,(H,28,29). The van der Waals surface area contributed by atoms with Gasteiger partial charge in [-0.1, -0.05) is 24.3 Å². The first-order valence-corrected chi connectivity index (χ1v) is 9.74. The van der Waals surface area contributed by atoms with Crippen LogP contribution in [0.1, 0.15) is 49.7 Å². The number of carboxylic acids is 1. The Morgan fingerprint density at radius 3 is 2.41 bits per heavy atom. The van der Waals surface area contributed by atoms with Gasteiger partial charge in [-0.05, 0) is 43.5 Å². The van der Waals surface area contributed by atoms with Crippen LogP contribution in [0.2, 0.25) is 0 Å². The number of nitrogens with zero attached hydrogens (tertiary/aromatic N) is 1. The molecule has 0 fully saturated rings. The number of aliphatic carboxylic acids is 1. The smallest absolute Gasteiger partial charge is 0.305 e. The summed E-state index contributed by atoms with van der Waals surface area (Å²) in [6.07, 6.45) is 5.56. The topological polar surface area (TPSA) is 82.7 Å². The van der Waals surface area contributed by atoms with Crippen LogP contribution in [0.25, 0.3) is 17.2 Å². The number of rotatable bonds is 7. The Kier molecular flexibility index (Phi) is 6.23. The summed E-state index contributed by atoms with van der Waals surface area (Å²) in [6, 6.07) is 6.39. The van der Waals surface area contributed by atoms with Crippen molar-refractivity contribution >= 4 is 12.0 Å². The molecule has 154 valence electrons. The summed E-state index contributed by atoms with van der Waals surface area (Å²) in [5, 5.41) is 29.2. The highest BCUT2D eigenvalue weighted by molar-refractivity contribution is 5.80. The third-order valence-electron chi connectivity index (χ3n) is 5.06. The van der Waals surface area contributed by atoms with E-state index in [0.29, 0.717) is 0 Å².